The molecule has 2 aromatic heterocycles. The van der Waals surface area contributed by atoms with Crippen LogP contribution in [0.4, 0.5) is 5.82 Å². The summed E-state index contributed by atoms with van der Waals surface area (Å²) in [5, 5.41) is 5.34. The molecule has 0 spiro atoms. The minimum absolute atomic E-state index is 0.402. The largest absolute Gasteiger partial charge is 0.382 e. The molecule has 4 nitrogen and oxygen atoms in total. The third kappa shape index (κ3) is 2.48. The molecule has 0 aliphatic heterocycles. The zero-order chi connectivity index (χ0) is 14.1. The molecule has 0 radical (unpaired) electrons. The van der Waals surface area contributed by atoms with Crippen LogP contribution in [0, 0.1) is 0 Å². The lowest BCUT2D eigenvalue weighted by Crippen LogP contribution is -2.02. The van der Waals surface area contributed by atoms with E-state index < -0.39 is 0 Å². The van der Waals surface area contributed by atoms with Crippen molar-refractivity contribution in [1.29, 1.82) is 0 Å². The van der Waals surface area contributed by atoms with Gasteiger partial charge < -0.3 is 5.73 Å². The number of nitrogens with two attached hydrogens (primary N) is 1. The van der Waals surface area contributed by atoms with Crippen molar-refractivity contribution < 1.29 is 0 Å². The van der Waals surface area contributed by atoms with Gasteiger partial charge in [0, 0.05) is 16.7 Å². The summed E-state index contributed by atoms with van der Waals surface area (Å²) < 4.78 is 1.66. The number of hydrogen-bond acceptors (Lipinski definition) is 3. The monoisotopic (exact) mass is 304 g/mol. The van der Waals surface area contributed by atoms with E-state index in [1.165, 1.54) is 0 Å². The van der Waals surface area contributed by atoms with Crippen molar-refractivity contribution in [1.82, 2.24) is 14.8 Å². The highest BCUT2D eigenvalue weighted by Crippen LogP contribution is 2.26. The topological polar surface area (TPSA) is 56.7 Å². The van der Waals surface area contributed by atoms with Gasteiger partial charge in [0.1, 0.15) is 11.0 Å². The molecule has 0 aliphatic rings. The molecule has 3 rings (SSSR count). The molecule has 0 fully saturated rings. The van der Waals surface area contributed by atoms with E-state index in [2.05, 4.69) is 10.1 Å². The molecule has 0 bridgehead atoms. The van der Waals surface area contributed by atoms with Crippen molar-refractivity contribution >= 4 is 29.0 Å². The van der Waals surface area contributed by atoms with Crippen molar-refractivity contribution in [2.24, 2.45) is 0 Å². The summed E-state index contributed by atoms with van der Waals surface area (Å²) in [5.74, 6) is 1.02. The fourth-order valence-electron chi connectivity index (χ4n) is 1.92. The first-order chi connectivity index (χ1) is 9.63. The predicted octanol–water partition coefficient (Wildman–Crippen LogP) is 3.82. The van der Waals surface area contributed by atoms with E-state index in [1.54, 1.807) is 16.8 Å². The number of halogens is 2. The Hall–Kier alpha value is -2.04. The van der Waals surface area contributed by atoms with Gasteiger partial charge in [0.15, 0.2) is 5.82 Å². The number of rotatable bonds is 2. The van der Waals surface area contributed by atoms with E-state index >= 15 is 0 Å². The maximum Gasteiger partial charge on any atom is 0.155 e. The number of hydrogen-bond donors (Lipinski definition) is 1. The molecule has 2 heterocycles. The van der Waals surface area contributed by atoms with Crippen LogP contribution >= 0.6 is 23.2 Å². The molecule has 20 heavy (non-hydrogen) atoms. The summed E-state index contributed by atoms with van der Waals surface area (Å²) in [4.78, 5) is 4.24. The SMILES string of the molecule is Nc1cc(-c2ccc(Cl)cc2)n(-c2cccc(Cl)n2)n1. The summed E-state index contributed by atoms with van der Waals surface area (Å²) in [6, 6.07) is 14.6. The quantitative estimate of drug-likeness (QED) is 0.732. The summed E-state index contributed by atoms with van der Waals surface area (Å²) >= 11 is 11.8. The summed E-state index contributed by atoms with van der Waals surface area (Å²) in [7, 11) is 0. The van der Waals surface area contributed by atoms with E-state index in [-0.39, 0.29) is 0 Å². The molecular formula is C14H10Cl2N4. The third-order valence-electron chi connectivity index (χ3n) is 2.79. The van der Waals surface area contributed by atoms with Gasteiger partial charge in [-0.05, 0) is 24.3 Å². The van der Waals surface area contributed by atoms with Gasteiger partial charge in [0.05, 0.1) is 5.69 Å². The van der Waals surface area contributed by atoms with Crippen molar-refractivity contribution in [3.8, 4) is 17.1 Å². The number of aromatic nitrogens is 3. The summed E-state index contributed by atoms with van der Waals surface area (Å²) in [5.41, 5.74) is 7.58. The Morgan fingerprint density at radius 2 is 1.75 bits per heavy atom. The molecule has 0 amide bonds. The van der Waals surface area contributed by atoms with Crippen molar-refractivity contribution in [3.05, 3.63) is 58.7 Å². The van der Waals surface area contributed by atoms with Crippen molar-refractivity contribution in [3.63, 3.8) is 0 Å². The van der Waals surface area contributed by atoms with Gasteiger partial charge in [-0.15, -0.1) is 5.10 Å². The highest BCUT2D eigenvalue weighted by Gasteiger charge is 2.11. The molecule has 0 unspecified atom stereocenters. The Kier molecular flexibility index (Phi) is 3.34. The number of benzene rings is 1. The molecule has 0 saturated heterocycles. The van der Waals surface area contributed by atoms with Crippen LogP contribution in [0.3, 0.4) is 0 Å². The van der Waals surface area contributed by atoms with Gasteiger partial charge in [-0.3, -0.25) is 0 Å². The lowest BCUT2D eigenvalue weighted by molar-refractivity contribution is 0.859. The van der Waals surface area contributed by atoms with Gasteiger partial charge in [-0.25, -0.2) is 9.67 Å². The third-order valence-corrected chi connectivity index (χ3v) is 3.25. The minimum Gasteiger partial charge on any atom is -0.382 e. The van der Waals surface area contributed by atoms with Crippen molar-refractivity contribution in [2.75, 3.05) is 5.73 Å². The van der Waals surface area contributed by atoms with E-state index in [0.29, 0.717) is 21.8 Å². The second kappa shape index (κ2) is 5.15. The highest BCUT2D eigenvalue weighted by atomic mass is 35.5. The predicted molar refractivity (Wildman–Crippen MR) is 81.2 cm³/mol. The second-order valence-corrected chi connectivity index (χ2v) is 5.02. The van der Waals surface area contributed by atoms with Crippen LogP contribution in [0.2, 0.25) is 10.2 Å². The lowest BCUT2D eigenvalue weighted by Gasteiger charge is -2.06. The fraction of sp³-hybridized carbons (Fsp3) is 0. The first-order valence-electron chi connectivity index (χ1n) is 5.88. The fourth-order valence-corrected chi connectivity index (χ4v) is 2.20. The average Bonchev–Trinajstić information content (AvgIpc) is 2.82. The van der Waals surface area contributed by atoms with E-state index in [0.717, 1.165) is 11.3 Å². The molecule has 0 saturated carbocycles. The van der Waals surface area contributed by atoms with Crippen LogP contribution in [-0.4, -0.2) is 14.8 Å². The number of pyridine rings is 1. The van der Waals surface area contributed by atoms with E-state index in [4.69, 9.17) is 28.9 Å². The first kappa shape index (κ1) is 13.0. The van der Waals surface area contributed by atoms with Crippen LogP contribution in [0.25, 0.3) is 17.1 Å². The number of nitrogens with zero attached hydrogens (tertiary/aromatic N) is 3. The van der Waals surface area contributed by atoms with Crippen LogP contribution in [0.1, 0.15) is 0 Å². The number of anilines is 1. The maximum atomic E-state index is 5.92. The second-order valence-electron chi connectivity index (χ2n) is 4.19. The van der Waals surface area contributed by atoms with Gasteiger partial charge in [-0.2, -0.15) is 0 Å². The van der Waals surface area contributed by atoms with Crippen LogP contribution in [0.5, 0.6) is 0 Å². The van der Waals surface area contributed by atoms with E-state index in [9.17, 15) is 0 Å². The number of nitrogen functional groups attached to an aromatic ring is 1. The van der Waals surface area contributed by atoms with Crippen LogP contribution in [0.15, 0.2) is 48.5 Å². The Labute approximate surface area is 125 Å². The van der Waals surface area contributed by atoms with Crippen LogP contribution in [-0.2, 0) is 0 Å². The molecule has 1 aromatic carbocycles. The van der Waals surface area contributed by atoms with Gasteiger partial charge >= 0.3 is 0 Å². The van der Waals surface area contributed by atoms with Crippen molar-refractivity contribution in [2.45, 2.75) is 0 Å². The molecule has 2 N–H and O–H groups in total. The molecule has 6 heteroatoms. The maximum absolute atomic E-state index is 5.92. The van der Waals surface area contributed by atoms with Crippen LogP contribution < -0.4 is 5.73 Å². The molecule has 3 aromatic rings. The van der Waals surface area contributed by atoms with Gasteiger partial charge in [-0.1, -0.05) is 41.4 Å². The molecule has 0 atom stereocenters. The standard InChI is InChI=1S/C14H10Cl2N4/c15-10-6-4-9(5-7-10)11-8-13(17)19-20(11)14-3-1-2-12(16)18-14/h1-8H,(H2,17,19). The average molecular weight is 305 g/mol. The zero-order valence-corrected chi connectivity index (χ0v) is 11.8. The Morgan fingerprint density at radius 1 is 1.00 bits per heavy atom. The van der Waals surface area contributed by atoms with E-state index in [1.807, 2.05) is 36.4 Å². The summed E-state index contributed by atoms with van der Waals surface area (Å²) in [6.45, 7) is 0. The Morgan fingerprint density at radius 3 is 2.45 bits per heavy atom. The smallest absolute Gasteiger partial charge is 0.155 e. The Bertz CT molecular complexity index is 750. The first-order valence-corrected chi connectivity index (χ1v) is 6.63. The zero-order valence-electron chi connectivity index (χ0n) is 10.3. The molecular weight excluding hydrogens is 295 g/mol. The molecule has 0 aliphatic carbocycles. The molecule has 100 valence electrons. The van der Waals surface area contributed by atoms with Gasteiger partial charge in [0.2, 0.25) is 0 Å². The lowest BCUT2D eigenvalue weighted by atomic mass is 10.1. The highest BCUT2D eigenvalue weighted by molar-refractivity contribution is 6.30. The summed E-state index contributed by atoms with van der Waals surface area (Å²) in [6.07, 6.45) is 0. The minimum atomic E-state index is 0.402. The normalized spacial score (nSPS) is 10.7. The Balaban J connectivity index is 2.15. The van der Waals surface area contributed by atoms with Gasteiger partial charge in [0.25, 0.3) is 0 Å².